The molecule has 20 heavy (non-hydrogen) atoms. The van der Waals surface area contributed by atoms with Gasteiger partial charge in [-0.3, -0.25) is 11.3 Å². The third-order valence-corrected chi connectivity index (χ3v) is 4.59. The number of rotatable bonds is 4. The molecule has 0 saturated carbocycles. The van der Waals surface area contributed by atoms with E-state index in [0.717, 1.165) is 27.0 Å². The Morgan fingerprint density at radius 3 is 2.35 bits per heavy atom. The first-order valence-corrected chi connectivity index (χ1v) is 7.43. The fourth-order valence-electron chi connectivity index (χ4n) is 1.84. The highest BCUT2D eigenvalue weighted by molar-refractivity contribution is 9.10. The second-order valence-electron chi connectivity index (χ2n) is 4.27. The Kier molecular flexibility index (Phi) is 4.85. The van der Waals surface area contributed by atoms with Gasteiger partial charge in [0.25, 0.3) is 0 Å². The highest BCUT2D eigenvalue weighted by atomic mass is 79.9. The van der Waals surface area contributed by atoms with E-state index in [1.807, 2.05) is 11.4 Å². The fourth-order valence-corrected chi connectivity index (χ4v) is 3.34. The van der Waals surface area contributed by atoms with Crippen LogP contribution in [-0.2, 0) is 12.6 Å². The lowest BCUT2D eigenvalue weighted by atomic mass is 10.0. The number of nitrogens with one attached hydrogen (secondary N) is 1. The molecule has 2 rings (SSSR count). The summed E-state index contributed by atoms with van der Waals surface area (Å²) in [7, 11) is 0. The molecule has 2 aromatic rings. The molecule has 0 radical (unpaired) electrons. The summed E-state index contributed by atoms with van der Waals surface area (Å²) in [6.45, 7) is 0. The zero-order valence-corrected chi connectivity index (χ0v) is 12.6. The Morgan fingerprint density at radius 1 is 1.25 bits per heavy atom. The maximum absolute atomic E-state index is 12.5. The van der Waals surface area contributed by atoms with Crippen LogP contribution in [0.3, 0.4) is 0 Å². The average Bonchev–Trinajstić information content (AvgIpc) is 2.81. The standard InChI is InChI=1S/C13H12BrF3N2S/c14-10-5-11(20-7-10)6-12(19-18)8-1-3-9(4-2-8)13(15,16)17/h1-5,7,12,19H,6,18H2. The first-order valence-electron chi connectivity index (χ1n) is 5.76. The van der Waals surface area contributed by atoms with Gasteiger partial charge in [0.1, 0.15) is 0 Å². The van der Waals surface area contributed by atoms with Gasteiger partial charge >= 0.3 is 6.18 Å². The molecule has 0 fully saturated rings. The van der Waals surface area contributed by atoms with E-state index >= 15 is 0 Å². The van der Waals surface area contributed by atoms with Crippen molar-refractivity contribution < 1.29 is 13.2 Å². The molecule has 0 saturated heterocycles. The smallest absolute Gasteiger partial charge is 0.271 e. The maximum Gasteiger partial charge on any atom is 0.416 e. The van der Waals surface area contributed by atoms with Gasteiger partial charge in [0.15, 0.2) is 0 Å². The Hall–Kier alpha value is -0.890. The number of hydrogen-bond donors (Lipinski definition) is 2. The van der Waals surface area contributed by atoms with Gasteiger partial charge in [0.2, 0.25) is 0 Å². The molecule has 2 nitrogen and oxygen atoms in total. The molecule has 1 atom stereocenters. The molecule has 7 heteroatoms. The predicted molar refractivity (Wildman–Crippen MR) is 77.2 cm³/mol. The number of thiophene rings is 1. The second-order valence-corrected chi connectivity index (χ2v) is 6.19. The molecule has 0 spiro atoms. The normalized spacial score (nSPS) is 13.4. The monoisotopic (exact) mass is 364 g/mol. The number of nitrogens with two attached hydrogens (primary N) is 1. The van der Waals surface area contributed by atoms with E-state index in [4.69, 9.17) is 5.84 Å². The van der Waals surface area contributed by atoms with Crippen LogP contribution >= 0.6 is 27.3 Å². The zero-order valence-electron chi connectivity index (χ0n) is 10.2. The lowest BCUT2D eigenvalue weighted by molar-refractivity contribution is -0.137. The largest absolute Gasteiger partial charge is 0.416 e. The summed E-state index contributed by atoms with van der Waals surface area (Å²) in [5.41, 5.74) is 2.71. The summed E-state index contributed by atoms with van der Waals surface area (Å²) < 4.78 is 38.5. The van der Waals surface area contributed by atoms with E-state index in [2.05, 4.69) is 21.4 Å². The number of benzene rings is 1. The van der Waals surface area contributed by atoms with Gasteiger partial charge in [-0.2, -0.15) is 13.2 Å². The van der Waals surface area contributed by atoms with Crippen LogP contribution in [0.4, 0.5) is 13.2 Å². The lowest BCUT2D eigenvalue weighted by Crippen LogP contribution is -2.29. The van der Waals surface area contributed by atoms with Gasteiger partial charge < -0.3 is 0 Å². The molecule has 1 unspecified atom stereocenters. The van der Waals surface area contributed by atoms with Gasteiger partial charge in [0, 0.05) is 21.2 Å². The van der Waals surface area contributed by atoms with Crippen LogP contribution in [-0.4, -0.2) is 0 Å². The minimum atomic E-state index is -4.32. The lowest BCUT2D eigenvalue weighted by Gasteiger charge is -2.16. The Morgan fingerprint density at radius 2 is 1.90 bits per heavy atom. The number of alkyl halides is 3. The molecule has 0 aliphatic rings. The summed E-state index contributed by atoms with van der Waals surface area (Å²) >= 11 is 4.94. The molecule has 1 aromatic carbocycles. The molecule has 1 aromatic heterocycles. The number of hydrazine groups is 1. The van der Waals surface area contributed by atoms with Crippen molar-refractivity contribution >= 4 is 27.3 Å². The van der Waals surface area contributed by atoms with E-state index in [9.17, 15) is 13.2 Å². The van der Waals surface area contributed by atoms with Crippen LogP contribution in [0.5, 0.6) is 0 Å². The fraction of sp³-hybridized carbons (Fsp3) is 0.231. The quantitative estimate of drug-likeness (QED) is 0.627. The Balaban J connectivity index is 2.15. The summed E-state index contributed by atoms with van der Waals surface area (Å²) in [5.74, 6) is 5.50. The van der Waals surface area contributed by atoms with Crippen molar-refractivity contribution in [1.82, 2.24) is 5.43 Å². The summed E-state index contributed by atoms with van der Waals surface area (Å²) in [6.07, 6.45) is -3.69. The Bertz CT molecular complexity index is 566. The predicted octanol–water partition coefficient (Wildman–Crippen LogP) is 4.28. The molecular weight excluding hydrogens is 353 g/mol. The first-order chi connectivity index (χ1) is 9.40. The molecule has 0 amide bonds. The van der Waals surface area contributed by atoms with Crippen LogP contribution in [0.2, 0.25) is 0 Å². The van der Waals surface area contributed by atoms with Gasteiger partial charge in [0.05, 0.1) is 11.6 Å². The van der Waals surface area contributed by atoms with Crippen LogP contribution < -0.4 is 11.3 Å². The second kappa shape index (κ2) is 6.26. The topological polar surface area (TPSA) is 38.0 Å². The van der Waals surface area contributed by atoms with E-state index in [-0.39, 0.29) is 6.04 Å². The third-order valence-electron chi connectivity index (χ3n) is 2.87. The molecule has 0 aliphatic carbocycles. The van der Waals surface area contributed by atoms with Crippen LogP contribution in [0, 0.1) is 0 Å². The molecule has 108 valence electrons. The van der Waals surface area contributed by atoms with Crippen molar-refractivity contribution in [2.75, 3.05) is 0 Å². The first kappa shape index (κ1) is 15.5. The van der Waals surface area contributed by atoms with Crippen molar-refractivity contribution in [1.29, 1.82) is 0 Å². The minimum absolute atomic E-state index is 0.220. The van der Waals surface area contributed by atoms with Crippen molar-refractivity contribution in [3.05, 3.63) is 56.2 Å². The van der Waals surface area contributed by atoms with E-state index in [1.165, 1.54) is 12.1 Å². The summed E-state index contributed by atoms with van der Waals surface area (Å²) in [4.78, 5) is 1.10. The van der Waals surface area contributed by atoms with Gasteiger partial charge in [-0.1, -0.05) is 12.1 Å². The zero-order chi connectivity index (χ0) is 14.8. The van der Waals surface area contributed by atoms with Crippen LogP contribution in [0.1, 0.15) is 22.0 Å². The highest BCUT2D eigenvalue weighted by Crippen LogP contribution is 2.31. The molecule has 0 aliphatic heterocycles. The summed E-state index contributed by atoms with van der Waals surface area (Å²) in [5, 5.41) is 1.95. The molecule has 1 heterocycles. The van der Waals surface area contributed by atoms with E-state index < -0.39 is 11.7 Å². The molecule has 3 N–H and O–H groups in total. The number of hydrogen-bond acceptors (Lipinski definition) is 3. The van der Waals surface area contributed by atoms with Crippen molar-refractivity contribution in [2.24, 2.45) is 5.84 Å². The van der Waals surface area contributed by atoms with Gasteiger partial charge in [-0.05, 0) is 39.7 Å². The molecular formula is C13H12BrF3N2S. The van der Waals surface area contributed by atoms with Gasteiger partial charge in [-0.15, -0.1) is 11.3 Å². The van der Waals surface area contributed by atoms with Crippen LogP contribution in [0.15, 0.2) is 40.2 Å². The third kappa shape index (κ3) is 3.82. The van der Waals surface area contributed by atoms with E-state index in [0.29, 0.717) is 6.42 Å². The van der Waals surface area contributed by atoms with Crippen molar-refractivity contribution in [3.63, 3.8) is 0 Å². The Labute approximate surface area is 126 Å². The van der Waals surface area contributed by atoms with Gasteiger partial charge in [-0.25, -0.2) is 0 Å². The number of halogens is 4. The highest BCUT2D eigenvalue weighted by Gasteiger charge is 2.30. The maximum atomic E-state index is 12.5. The van der Waals surface area contributed by atoms with Crippen molar-refractivity contribution in [3.8, 4) is 0 Å². The molecule has 0 bridgehead atoms. The average molecular weight is 365 g/mol. The van der Waals surface area contributed by atoms with Crippen LogP contribution in [0.25, 0.3) is 0 Å². The van der Waals surface area contributed by atoms with Crippen molar-refractivity contribution in [2.45, 2.75) is 18.6 Å². The SMILES string of the molecule is NNC(Cc1cc(Br)cs1)c1ccc(C(F)(F)F)cc1. The summed E-state index contributed by atoms with van der Waals surface area (Å²) in [6, 6.07) is 6.81. The van der Waals surface area contributed by atoms with E-state index in [1.54, 1.807) is 11.3 Å². The minimum Gasteiger partial charge on any atom is -0.271 e.